The summed E-state index contributed by atoms with van der Waals surface area (Å²) in [5.74, 6) is -5.48. The van der Waals surface area contributed by atoms with Gasteiger partial charge in [0.2, 0.25) is 10.0 Å². The first-order valence-electron chi connectivity index (χ1n) is 9.06. The number of sulfonamides is 1. The number of carboxylic acid groups (broad SMARTS) is 3. The van der Waals surface area contributed by atoms with E-state index in [1.807, 2.05) is 0 Å². The molecule has 12 nitrogen and oxygen atoms in total. The van der Waals surface area contributed by atoms with Crippen molar-refractivity contribution >= 4 is 33.6 Å². The molecular weight excluding hydrogens is 432 g/mol. The van der Waals surface area contributed by atoms with Gasteiger partial charge in [0.05, 0.1) is 16.9 Å². The molecule has 0 fully saturated rings. The van der Waals surface area contributed by atoms with E-state index in [4.69, 9.17) is 5.11 Å². The molecule has 1 aromatic carbocycles. The number of aromatic amines is 1. The van der Waals surface area contributed by atoms with Gasteiger partial charge in [-0.1, -0.05) is 6.07 Å². The predicted octanol–water partition coefficient (Wildman–Crippen LogP) is 0.595. The van der Waals surface area contributed by atoms with Crippen LogP contribution in [-0.4, -0.2) is 64.2 Å². The highest BCUT2D eigenvalue weighted by atomic mass is 32.2. The Balaban J connectivity index is 2.31. The molecule has 6 N–H and O–H groups in total. The molecule has 0 aliphatic rings. The number of imidazole rings is 1. The summed E-state index contributed by atoms with van der Waals surface area (Å²) in [6.45, 7) is 1.35. The zero-order chi connectivity index (χ0) is 23.2. The van der Waals surface area contributed by atoms with Crippen LogP contribution in [-0.2, 0) is 24.4 Å². The number of benzene rings is 1. The molecule has 0 saturated carbocycles. The van der Waals surface area contributed by atoms with Gasteiger partial charge in [-0.05, 0) is 31.0 Å². The van der Waals surface area contributed by atoms with Crippen molar-refractivity contribution in [2.24, 2.45) is 0 Å². The maximum absolute atomic E-state index is 12.6. The maximum atomic E-state index is 12.6. The van der Waals surface area contributed by atoms with E-state index >= 15 is 0 Å². The fourth-order valence-corrected chi connectivity index (χ4v) is 4.26. The van der Waals surface area contributed by atoms with Crippen molar-refractivity contribution in [1.82, 2.24) is 14.7 Å². The van der Waals surface area contributed by atoms with E-state index in [1.54, 1.807) is 0 Å². The van der Waals surface area contributed by atoms with Crippen LogP contribution in [0.4, 0.5) is 5.69 Å². The van der Waals surface area contributed by atoms with Gasteiger partial charge in [0.15, 0.2) is 0 Å². The van der Waals surface area contributed by atoms with Crippen molar-refractivity contribution in [2.45, 2.75) is 36.6 Å². The lowest BCUT2D eigenvalue weighted by atomic mass is 9.96. The van der Waals surface area contributed by atoms with Gasteiger partial charge in [-0.2, -0.15) is 0 Å². The number of aromatic nitrogens is 2. The van der Waals surface area contributed by atoms with E-state index in [2.05, 4.69) is 20.0 Å². The van der Waals surface area contributed by atoms with E-state index in [9.17, 15) is 33.0 Å². The van der Waals surface area contributed by atoms with Crippen LogP contribution in [0.25, 0.3) is 0 Å². The molecule has 0 saturated heterocycles. The van der Waals surface area contributed by atoms with Crippen LogP contribution < -0.4 is 10.0 Å². The van der Waals surface area contributed by atoms with Crippen LogP contribution in [0.15, 0.2) is 35.6 Å². The lowest BCUT2D eigenvalue weighted by Crippen LogP contribution is -2.40. The summed E-state index contributed by atoms with van der Waals surface area (Å²) in [5.41, 5.74) is 0.280. The molecule has 31 heavy (non-hydrogen) atoms. The molecule has 1 heterocycles. The van der Waals surface area contributed by atoms with Gasteiger partial charge in [-0.15, -0.1) is 0 Å². The summed E-state index contributed by atoms with van der Waals surface area (Å²) in [4.78, 5) is 40.4. The van der Waals surface area contributed by atoms with E-state index in [0.29, 0.717) is 0 Å². The van der Waals surface area contributed by atoms with Crippen LogP contribution in [0.2, 0.25) is 0 Å². The number of carbonyl (C=O) groups is 3. The Morgan fingerprint density at radius 2 is 1.87 bits per heavy atom. The molecule has 2 rings (SSSR count). The molecule has 1 aromatic heterocycles. The average molecular weight is 454 g/mol. The minimum absolute atomic E-state index is 0.00562. The molecule has 0 aliphatic heterocycles. The second-order valence-electron chi connectivity index (χ2n) is 6.59. The third-order valence-corrected chi connectivity index (χ3v) is 6.05. The van der Waals surface area contributed by atoms with Gasteiger partial charge >= 0.3 is 17.9 Å². The molecule has 0 radical (unpaired) electrons. The van der Waals surface area contributed by atoms with E-state index < -0.39 is 39.9 Å². The van der Waals surface area contributed by atoms with Crippen LogP contribution in [0.5, 0.6) is 0 Å². The Bertz CT molecular complexity index is 1050. The average Bonchev–Trinajstić information content (AvgIpc) is 3.19. The Morgan fingerprint density at radius 1 is 1.16 bits per heavy atom. The molecule has 0 amide bonds. The van der Waals surface area contributed by atoms with Gasteiger partial charge in [0, 0.05) is 24.8 Å². The molecule has 1 unspecified atom stereocenters. The number of rotatable bonds is 12. The van der Waals surface area contributed by atoms with Crippen molar-refractivity contribution in [2.75, 3.05) is 11.9 Å². The molecule has 2 atom stereocenters. The molecular formula is C18H22N4O8S. The van der Waals surface area contributed by atoms with Gasteiger partial charge in [-0.25, -0.2) is 22.9 Å². The van der Waals surface area contributed by atoms with Crippen LogP contribution in [0, 0.1) is 6.92 Å². The van der Waals surface area contributed by atoms with Gasteiger partial charge in [0.1, 0.15) is 12.0 Å². The molecule has 0 spiro atoms. The van der Waals surface area contributed by atoms with Crippen LogP contribution >= 0.6 is 0 Å². The first-order chi connectivity index (χ1) is 14.5. The molecule has 168 valence electrons. The quantitative estimate of drug-likeness (QED) is 0.247. The number of anilines is 1. The number of hydrogen-bond donors (Lipinski definition) is 6. The van der Waals surface area contributed by atoms with Crippen molar-refractivity contribution in [1.29, 1.82) is 0 Å². The Morgan fingerprint density at radius 3 is 2.42 bits per heavy atom. The molecule has 13 heteroatoms. The third-order valence-electron chi connectivity index (χ3n) is 4.45. The maximum Gasteiger partial charge on any atom is 0.327 e. The van der Waals surface area contributed by atoms with E-state index in [-0.39, 0.29) is 41.2 Å². The summed E-state index contributed by atoms with van der Waals surface area (Å²) in [6, 6.07) is 2.47. The van der Waals surface area contributed by atoms with Gasteiger partial charge in [0.25, 0.3) is 0 Å². The monoisotopic (exact) mass is 454 g/mol. The summed E-state index contributed by atoms with van der Waals surface area (Å²) in [6.07, 6.45) is 2.38. The minimum atomic E-state index is -4.01. The number of H-pyrrole nitrogens is 1. The van der Waals surface area contributed by atoms with Gasteiger partial charge in [-0.3, -0.25) is 9.59 Å². The molecule has 0 aliphatic carbocycles. The molecule has 2 aromatic rings. The van der Waals surface area contributed by atoms with Crippen molar-refractivity contribution in [3.8, 4) is 0 Å². The first-order valence-corrected chi connectivity index (χ1v) is 10.5. The lowest BCUT2D eigenvalue weighted by Gasteiger charge is -2.23. The summed E-state index contributed by atoms with van der Waals surface area (Å²) < 4.78 is 27.5. The highest BCUT2D eigenvalue weighted by Crippen LogP contribution is 2.27. The summed E-state index contributed by atoms with van der Waals surface area (Å²) in [5, 5.41) is 30.4. The SMILES string of the molecule is Cc1c(N[C@@H](C(=O)O)C(C(=O)O)c2c[nH]cn2)cccc1S(=O)(=O)NCCCC(=O)O. The number of hydrogen-bond acceptors (Lipinski definition) is 7. The van der Waals surface area contributed by atoms with Crippen molar-refractivity contribution in [3.63, 3.8) is 0 Å². The lowest BCUT2D eigenvalue weighted by molar-refractivity contribution is -0.146. The van der Waals surface area contributed by atoms with Crippen LogP contribution in [0.1, 0.15) is 30.0 Å². The summed E-state index contributed by atoms with van der Waals surface area (Å²) in [7, 11) is -4.01. The number of nitrogens with one attached hydrogen (secondary N) is 3. The molecule has 0 bridgehead atoms. The summed E-state index contributed by atoms with van der Waals surface area (Å²) >= 11 is 0. The third kappa shape index (κ3) is 6.02. The number of carboxylic acids is 3. The largest absolute Gasteiger partial charge is 0.481 e. The van der Waals surface area contributed by atoms with Crippen molar-refractivity contribution in [3.05, 3.63) is 42.0 Å². The fraction of sp³-hybridized carbons (Fsp3) is 0.333. The Hall–Kier alpha value is -3.45. The second kappa shape index (κ2) is 10.0. The zero-order valence-electron chi connectivity index (χ0n) is 16.4. The Labute approximate surface area is 177 Å². The first kappa shape index (κ1) is 23.8. The van der Waals surface area contributed by atoms with Gasteiger partial charge < -0.3 is 25.6 Å². The normalized spacial score (nSPS) is 13.3. The van der Waals surface area contributed by atoms with Crippen LogP contribution in [0.3, 0.4) is 0 Å². The predicted molar refractivity (Wildman–Crippen MR) is 107 cm³/mol. The number of aliphatic carboxylic acids is 3. The number of nitrogens with zero attached hydrogens (tertiary/aromatic N) is 1. The minimum Gasteiger partial charge on any atom is -0.481 e. The topological polar surface area (TPSA) is 199 Å². The van der Waals surface area contributed by atoms with E-state index in [1.165, 1.54) is 37.6 Å². The standard InChI is InChI=1S/C18H22N4O8S/c1-10-11(4-2-5-13(10)31(29,30)21-7-3-6-14(23)24)22-16(18(27)28)15(17(25)26)12-8-19-9-20-12/h2,4-5,8-9,15-16,21-22H,3,6-7H2,1H3,(H,19,20)(H,23,24)(H,25,26)(H,27,28)/t15?,16-/m1/s1. The van der Waals surface area contributed by atoms with E-state index in [0.717, 1.165) is 0 Å². The second-order valence-corrected chi connectivity index (χ2v) is 8.33. The Kier molecular flexibility index (Phi) is 7.72. The highest BCUT2D eigenvalue weighted by molar-refractivity contribution is 7.89. The van der Waals surface area contributed by atoms with Crippen molar-refractivity contribution < 1.29 is 38.1 Å². The fourth-order valence-electron chi connectivity index (χ4n) is 2.92. The highest BCUT2D eigenvalue weighted by Gasteiger charge is 2.37. The smallest absolute Gasteiger partial charge is 0.327 e. The zero-order valence-corrected chi connectivity index (χ0v) is 17.2.